The molecule has 17 heavy (non-hydrogen) atoms. The van der Waals surface area contributed by atoms with E-state index in [0.29, 0.717) is 11.5 Å². The van der Waals surface area contributed by atoms with Gasteiger partial charge in [0.15, 0.2) is 0 Å². The molecule has 1 aliphatic carbocycles. The number of hydrogen-bond acceptors (Lipinski definition) is 2. The number of hydrogen-bond donors (Lipinski definition) is 0. The second-order valence-corrected chi connectivity index (χ2v) is 6.87. The Hall–Kier alpha value is 0.400. The molecule has 2 unspecified atom stereocenters. The summed E-state index contributed by atoms with van der Waals surface area (Å²) in [5, 5.41) is 1.06. The Morgan fingerprint density at radius 2 is 1.94 bits per heavy atom. The number of alkyl halides is 1. The summed E-state index contributed by atoms with van der Waals surface area (Å²) < 4.78 is 12.0. The molecule has 0 bridgehead atoms. The minimum Gasteiger partial charge on any atom is -0.381 e. The summed E-state index contributed by atoms with van der Waals surface area (Å²) in [5.41, 5.74) is 0.645. The Bertz CT molecular complexity index is 267. The van der Waals surface area contributed by atoms with Gasteiger partial charge in [-0.25, -0.2) is 0 Å². The Morgan fingerprint density at radius 3 is 2.59 bits per heavy atom. The first-order valence-electron chi connectivity index (χ1n) is 7.08. The van der Waals surface area contributed by atoms with E-state index in [0.717, 1.165) is 18.5 Å². The van der Waals surface area contributed by atoms with Crippen molar-refractivity contribution >= 4 is 15.9 Å². The summed E-state index contributed by atoms with van der Waals surface area (Å²) in [6.45, 7) is 1.86. The van der Waals surface area contributed by atoms with Crippen molar-refractivity contribution in [3.05, 3.63) is 0 Å². The van der Waals surface area contributed by atoms with Crippen molar-refractivity contribution in [1.29, 1.82) is 0 Å². The molecule has 1 saturated carbocycles. The Morgan fingerprint density at radius 1 is 1.12 bits per heavy atom. The van der Waals surface area contributed by atoms with Crippen LogP contribution in [-0.2, 0) is 9.47 Å². The van der Waals surface area contributed by atoms with Gasteiger partial charge in [0, 0.05) is 17.4 Å². The van der Waals surface area contributed by atoms with Crippen LogP contribution in [0, 0.1) is 5.41 Å². The molecule has 3 aliphatic rings. The van der Waals surface area contributed by atoms with E-state index in [9.17, 15) is 0 Å². The second kappa shape index (κ2) is 4.82. The monoisotopic (exact) mass is 302 g/mol. The lowest BCUT2D eigenvalue weighted by atomic mass is 9.83. The average molecular weight is 303 g/mol. The molecule has 0 aromatic carbocycles. The van der Waals surface area contributed by atoms with Crippen LogP contribution in [0.4, 0.5) is 0 Å². The van der Waals surface area contributed by atoms with E-state index < -0.39 is 0 Å². The van der Waals surface area contributed by atoms with Crippen LogP contribution >= 0.6 is 15.9 Å². The SMILES string of the molecule is BrCC1(CC2CCC3(CCCC3)O2)CCOC1. The molecule has 2 atom stereocenters. The third kappa shape index (κ3) is 2.43. The molecule has 0 aromatic rings. The van der Waals surface area contributed by atoms with Gasteiger partial charge >= 0.3 is 0 Å². The van der Waals surface area contributed by atoms with Crippen molar-refractivity contribution in [3.63, 3.8) is 0 Å². The fraction of sp³-hybridized carbons (Fsp3) is 1.00. The molecule has 3 rings (SSSR count). The lowest BCUT2D eigenvalue weighted by Crippen LogP contribution is -2.31. The van der Waals surface area contributed by atoms with E-state index >= 15 is 0 Å². The van der Waals surface area contributed by atoms with E-state index in [1.54, 1.807) is 0 Å². The summed E-state index contributed by atoms with van der Waals surface area (Å²) in [6.07, 6.45) is 10.8. The minimum absolute atomic E-state index is 0.289. The van der Waals surface area contributed by atoms with Crippen LogP contribution in [0.25, 0.3) is 0 Å². The van der Waals surface area contributed by atoms with Gasteiger partial charge in [-0.1, -0.05) is 28.8 Å². The van der Waals surface area contributed by atoms with Crippen LogP contribution in [0.1, 0.15) is 51.4 Å². The molecule has 2 heterocycles. The van der Waals surface area contributed by atoms with Gasteiger partial charge in [0.25, 0.3) is 0 Å². The van der Waals surface area contributed by atoms with Crippen LogP contribution in [0.2, 0.25) is 0 Å². The first-order valence-corrected chi connectivity index (χ1v) is 8.20. The maximum atomic E-state index is 6.42. The quantitative estimate of drug-likeness (QED) is 0.741. The molecule has 2 aliphatic heterocycles. The summed E-state index contributed by atoms with van der Waals surface area (Å²) in [6, 6.07) is 0. The first kappa shape index (κ1) is 12.4. The molecule has 0 N–H and O–H groups in total. The van der Waals surface area contributed by atoms with Gasteiger partial charge in [0.05, 0.1) is 18.3 Å². The fourth-order valence-electron chi connectivity index (χ4n) is 3.88. The van der Waals surface area contributed by atoms with E-state index in [1.807, 2.05) is 0 Å². The highest BCUT2D eigenvalue weighted by atomic mass is 79.9. The summed E-state index contributed by atoms with van der Waals surface area (Å²) in [7, 11) is 0. The Labute approximate surface area is 113 Å². The number of halogens is 1. The second-order valence-electron chi connectivity index (χ2n) is 6.31. The molecule has 3 fully saturated rings. The van der Waals surface area contributed by atoms with Crippen LogP contribution in [0.15, 0.2) is 0 Å². The molecule has 1 spiro atoms. The summed E-state index contributed by atoms with van der Waals surface area (Å²) >= 11 is 3.68. The van der Waals surface area contributed by atoms with Crippen molar-refractivity contribution in [1.82, 2.24) is 0 Å². The van der Waals surface area contributed by atoms with Crippen molar-refractivity contribution in [2.45, 2.75) is 63.1 Å². The number of ether oxygens (including phenoxy) is 2. The van der Waals surface area contributed by atoms with Gasteiger partial charge in [-0.2, -0.15) is 0 Å². The van der Waals surface area contributed by atoms with E-state index in [-0.39, 0.29) is 5.60 Å². The van der Waals surface area contributed by atoms with Gasteiger partial charge in [-0.3, -0.25) is 0 Å². The van der Waals surface area contributed by atoms with Crippen molar-refractivity contribution in [2.24, 2.45) is 5.41 Å². The first-order chi connectivity index (χ1) is 8.26. The lowest BCUT2D eigenvalue weighted by molar-refractivity contribution is -0.0518. The molecule has 98 valence electrons. The highest BCUT2D eigenvalue weighted by Crippen LogP contribution is 2.47. The predicted octanol–water partition coefficient (Wildman–Crippen LogP) is 3.67. The standard InChI is InChI=1S/C14H23BrO2/c15-10-13(7-8-16-11-13)9-12-3-6-14(17-12)4-1-2-5-14/h12H,1-11H2. The normalized spacial score (nSPS) is 40.4. The highest BCUT2D eigenvalue weighted by molar-refractivity contribution is 9.09. The molecular weight excluding hydrogens is 280 g/mol. The average Bonchev–Trinajstić information content (AvgIpc) is 3.04. The van der Waals surface area contributed by atoms with Crippen molar-refractivity contribution in [2.75, 3.05) is 18.5 Å². The van der Waals surface area contributed by atoms with E-state index in [1.165, 1.54) is 51.4 Å². The van der Waals surface area contributed by atoms with Gasteiger partial charge in [0.1, 0.15) is 0 Å². The zero-order valence-corrected chi connectivity index (χ0v) is 12.1. The molecule has 0 aromatic heterocycles. The smallest absolute Gasteiger partial charge is 0.0687 e. The third-order valence-corrected chi connectivity index (χ3v) is 6.17. The molecule has 0 amide bonds. The lowest BCUT2D eigenvalue weighted by Gasteiger charge is -2.30. The topological polar surface area (TPSA) is 18.5 Å². The van der Waals surface area contributed by atoms with Gasteiger partial charge in [-0.05, 0) is 38.5 Å². The molecule has 0 radical (unpaired) electrons. The van der Waals surface area contributed by atoms with Crippen LogP contribution in [0.3, 0.4) is 0 Å². The van der Waals surface area contributed by atoms with Crippen LogP contribution in [0.5, 0.6) is 0 Å². The summed E-state index contributed by atoms with van der Waals surface area (Å²) in [4.78, 5) is 0. The molecule has 2 saturated heterocycles. The van der Waals surface area contributed by atoms with Gasteiger partial charge < -0.3 is 9.47 Å². The zero-order chi connectivity index (χ0) is 11.8. The zero-order valence-electron chi connectivity index (χ0n) is 10.5. The van der Waals surface area contributed by atoms with Crippen molar-refractivity contribution < 1.29 is 9.47 Å². The Balaban J connectivity index is 1.59. The Kier molecular flexibility index (Phi) is 3.53. The minimum atomic E-state index is 0.289. The maximum absolute atomic E-state index is 6.42. The maximum Gasteiger partial charge on any atom is 0.0687 e. The van der Waals surface area contributed by atoms with E-state index in [2.05, 4.69) is 15.9 Å². The van der Waals surface area contributed by atoms with Gasteiger partial charge in [-0.15, -0.1) is 0 Å². The van der Waals surface area contributed by atoms with Crippen LogP contribution < -0.4 is 0 Å². The molecule has 3 heteroatoms. The third-order valence-electron chi connectivity index (χ3n) is 4.98. The van der Waals surface area contributed by atoms with Crippen molar-refractivity contribution in [3.8, 4) is 0 Å². The fourth-order valence-corrected chi connectivity index (χ4v) is 4.55. The number of rotatable bonds is 3. The molecule has 2 nitrogen and oxygen atoms in total. The predicted molar refractivity (Wildman–Crippen MR) is 71.6 cm³/mol. The molecular formula is C14H23BrO2. The van der Waals surface area contributed by atoms with Crippen LogP contribution in [-0.4, -0.2) is 30.2 Å². The summed E-state index contributed by atoms with van der Waals surface area (Å²) in [5.74, 6) is 0. The highest BCUT2D eigenvalue weighted by Gasteiger charge is 2.45. The van der Waals surface area contributed by atoms with Gasteiger partial charge in [0.2, 0.25) is 0 Å². The van der Waals surface area contributed by atoms with E-state index in [4.69, 9.17) is 9.47 Å². The largest absolute Gasteiger partial charge is 0.381 e.